The second-order valence-electron chi connectivity index (χ2n) is 5.52. The fourth-order valence-corrected chi connectivity index (χ4v) is 2.55. The van der Waals surface area contributed by atoms with Gasteiger partial charge in [-0.25, -0.2) is 13.8 Å². The molecule has 3 rings (SSSR count). The van der Waals surface area contributed by atoms with Crippen molar-refractivity contribution in [1.82, 2.24) is 9.97 Å². The number of rotatable bonds is 4. The summed E-state index contributed by atoms with van der Waals surface area (Å²) in [5.74, 6) is -0.797. The lowest BCUT2D eigenvalue weighted by atomic mass is 10.2. The lowest BCUT2D eigenvalue weighted by Gasteiger charge is -2.12. The molecule has 0 bridgehead atoms. The van der Waals surface area contributed by atoms with E-state index in [9.17, 15) is 8.78 Å². The normalized spacial score (nSPS) is 10.6. The summed E-state index contributed by atoms with van der Waals surface area (Å²) in [6, 6.07) is 10.6. The molecule has 0 amide bonds. The van der Waals surface area contributed by atoms with Crippen LogP contribution in [0.1, 0.15) is 11.3 Å². The molecule has 3 aromatic rings. The monoisotopic (exact) mass is 360 g/mol. The maximum Gasteiger partial charge on any atom is 0.229 e. The van der Waals surface area contributed by atoms with E-state index in [0.29, 0.717) is 16.7 Å². The van der Waals surface area contributed by atoms with Crippen molar-refractivity contribution >= 4 is 34.7 Å². The standard InChI is InChI=1S/C18H15ClF2N4/c1-10-8-12(19)6-7-15(10)23-18-22-11(2)9-16(25-18)24-17-13(20)4-3-5-14(17)21/h3-9H,1-2H3,(H2,22,23,24,25). The Balaban J connectivity index is 1.90. The second kappa shape index (κ2) is 7.03. The third kappa shape index (κ3) is 4.03. The maximum atomic E-state index is 13.8. The molecule has 0 fully saturated rings. The number of para-hydroxylation sites is 1. The molecule has 0 aliphatic rings. The number of aromatic nitrogens is 2. The van der Waals surface area contributed by atoms with Crippen LogP contribution in [0.4, 0.5) is 31.9 Å². The zero-order chi connectivity index (χ0) is 18.0. The van der Waals surface area contributed by atoms with Gasteiger partial charge in [0.1, 0.15) is 23.1 Å². The van der Waals surface area contributed by atoms with Gasteiger partial charge < -0.3 is 10.6 Å². The Hall–Kier alpha value is -2.73. The van der Waals surface area contributed by atoms with E-state index in [1.54, 1.807) is 19.1 Å². The second-order valence-corrected chi connectivity index (χ2v) is 5.96. The van der Waals surface area contributed by atoms with E-state index in [4.69, 9.17) is 11.6 Å². The molecule has 4 nitrogen and oxygen atoms in total. The van der Waals surface area contributed by atoms with Crippen molar-refractivity contribution in [3.63, 3.8) is 0 Å². The lowest BCUT2D eigenvalue weighted by molar-refractivity contribution is 0.590. The fourth-order valence-electron chi connectivity index (χ4n) is 2.32. The number of hydrogen-bond acceptors (Lipinski definition) is 4. The van der Waals surface area contributed by atoms with Crippen LogP contribution >= 0.6 is 11.6 Å². The van der Waals surface area contributed by atoms with E-state index >= 15 is 0 Å². The highest BCUT2D eigenvalue weighted by Gasteiger charge is 2.11. The predicted molar refractivity (Wildman–Crippen MR) is 95.9 cm³/mol. The van der Waals surface area contributed by atoms with Gasteiger partial charge >= 0.3 is 0 Å². The third-order valence-electron chi connectivity index (χ3n) is 3.50. The average molecular weight is 361 g/mol. The maximum absolute atomic E-state index is 13.8. The van der Waals surface area contributed by atoms with Gasteiger partial charge in [-0.1, -0.05) is 17.7 Å². The number of nitrogens with one attached hydrogen (secondary N) is 2. The van der Waals surface area contributed by atoms with Gasteiger partial charge in [-0.2, -0.15) is 4.98 Å². The molecule has 0 saturated carbocycles. The van der Waals surface area contributed by atoms with Crippen molar-refractivity contribution in [3.8, 4) is 0 Å². The van der Waals surface area contributed by atoms with Crippen LogP contribution in [0.3, 0.4) is 0 Å². The van der Waals surface area contributed by atoms with Crippen LogP contribution in [-0.2, 0) is 0 Å². The van der Waals surface area contributed by atoms with E-state index in [2.05, 4.69) is 20.6 Å². The van der Waals surface area contributed by atoms with Crippen LogP contribution in [0, 0.1) is 25.5 Å². The summed E-state index contributed by atoms with van der Waals surface area (Å²) >= 11 is 5.95. The quantitative estimate of drug-likeness (QED) is 0.644. The summed E-state index contributed by atoms with van der Waals surface area (Å²) in [6.07, 6.45) is 0. The van der Waals surface area contributed by atoms with Crippen molar-refractivity contribution in [3.05, 3.63) is 70.4 Å². The number of nitrogens with zero attached hydrogens (tertiary/aromatic N) is 2. The van der Waals surface area contributed by atoms with Gasteiger partial charge in [0, 0.05) is 22.5 Å². The summed E-state index contributed by atoms with van der Waals surface area (Å²) in [7, 11) is 0. The van der Waals surface area contributed by atoms with Gasteiger partial charge in [0.2, 0.25) is 5.95 Å². The van der Waals surface area contributed by atoms with Gasteiger partial charge in [-0.15, -0.1) is 0 Å². The van der Waals surface area contributed by atoms with Gasteiger partial charge in [-0.3, -0.25) is 0 Å². The minimum Gasteiger partial charge on any atom is -0.335 e. The Bertz CT molecular complexity index is 911. The molecule has 128 valence electrons. The van der Waals surface area contributed by atoms with E-state index in [-0.39, 0.29) is 11.5 Å². The van der Waals surface area contributed by atoms with E-state index in [0.717, 1.165) is 11.3 Å². The Morgan fingerprint density at radius 2 is 1.64 bits per heavy atom. The van der Waals surface area contributed by atoms with Gasteiger partial charge in [-0.05, 0) is 49.7 Å². The molecule has 0 unspecified atom stereocenters. The van der Waals surface area contributed by atoms with Crippen molar-refractivity contribution in [1.29, 1.82) is 0 Å². The molecular weight excluding hydrogens is 346 g/mol. The van der Waals surface area contributed by atoms with E-state index < -0.39 is 11.6 Å². The first kappa shape index (κ1) is 17.1. The highest BCUT2D eigenvalue weighted by atomic mass is 35.5. The average Bonchev–Trinajstić information content (AvgIpc) is 2.53. The SMILES string of the molecule is Cc1cc(Nc2c(F)cccc2F)nc(Nc2ccc(Cl)cc2C)n1. The van der Waals surface area contributed by atoms with E-state index in [1.165, 1.54) is 18.2 Å². The molecule has 0 atom stereocenters. The number of hydrogen-bond donors (Lipinski definition) is 2. The van der Waals surface area contributed by atoms with Crippen LogP contribution in [0.15, 0.2) is 42.5 Å². The van der Waals surface area contributed by atoms with Crippen molar-refractivity contribution in [2.24, 2.45) is 0 Å². The van der Waals surface area contributed by atoms with Crippen molar-refractivity contribution in [2.75, 3.05) is 10.6 Å². The predicted octanol–water partition coefficient (Wildman–Crippen LogP) is 5.51. The Kier molecular flexibility index (Phi) is 4.81. The smallest absolute Gasteiger partial charge is 0.229 e. The zero-order valence-corrected chi connectivity index (χ0v) is 14.3. The minimum absolute atomic E-state index is 0.255. The first-order valence-electron chi connectivity index (χ1n) is 7.52. The van der Waals surface area contributed by atoms with Gasteiger partial charge in [0.25, 0.3) is 0 Å². The molecule has 0 saturated heterocycles. The van der Waals surface area contributed by atoms with E-state index in [1.807, 2.05) is 19.1 Å². The lowest BCUT2D eigenvalue weighted by Crippen LogP contribution is -2.05. The van der Waals surface area contributed by atoms with Gasteiger partial charge in [0.05, 0.1) is 0 Å². The number of benzene rings is 2. The largest absolute Gasteiger partial charge is 0.335 e. The van der Waals surface area contributed by atoms with Crippen LogP contribution in [0.2, 0.25) is 5.02 Å². The molecular formula is C18H15ClF2N4. The summed E-state index contributed by atoms with van der Waals surface area (Å²) in [4.78, 5) is 8.57. The Morgan fingerprint density at radius 1 is 0.920 bits per heavy atom. The fraction of sp³-hybridized carbons (Fsp3) is 0.111. The number of anilines is 4. The first-order valence-corrected chi connectivity index (χ1v) is 7.90. The molecule has 0 aliphatic heterocycles. The highest BCUT2D eigenvalue weighted by molar-refractivity contribution is 6.30. The summed E-state index contributed by atoms with van der Waals surface area (Å²) in [5.41, 5.74) is 2.10. The molecule has 2 N–H and O–H groups in total. The first-order chi connectivity index (χ1) is 11.9. The molecule has 0 aliphatic carbocycles. The zero-order valence-electron chi connectivity index (χ0n) is 13.6. The molecule has 1 heterocycles. The van der Waals surface area contributed by atoms with Crippen LogP contribution in [-0.4, -0.2) is 9.97 Å². The Morgan fingerprint density at radius 3 is 2.32 bits per heavy atom. The van der Waals surface area contributed by atoms with Crippen molar-refractivity contribution < 1.29 is 8.78 Å². The number of halogens is 3. The van der Waals surface area contributed by atoms with Gasteiger partial charge in [0.15, 0.2) is 0 Å². The summed E-state index contributed by atoms with van der Waals surface area (Å²) in [5, 5.41) is 6.39. The number of aryl methyl sites for hydroxylation is 2. The van der Waals surface area contributed by atoms with Crippen LogP contribution in [0.25, 0.3) is 0 Å². The minimum atomic E-state index is -0.695. The Labute approximate surface area is 148 Å². The molecule has 0 radical (unpaired) electrons. The van der Waals surface area contributed by atoms with Crippen LogP contribution < -0.4 is 10.6 Å². The molecule has 7 heteroatoms. The molecule has 2 aromatic carbocycles. The topological polar surface area (TPSA) is 49.8 Å². The summed E-state index contributed by atoms with van der Waals surface area (Å²) < 4.78 is 27.6. The van der Waals surface area contributed by atoms with Crippen molar-refractivity contribution in [2.45, 2.75) is 13.8 Å². The molecule has 0 spiro atoms. The molecule has 1 aromatic heterocycles. The highest BCUT2D eigenvalue weighted by Crippen LogP contribution is 2.25. The third-order valence-corrected chi connectivity index (χ3v) is 3.74. The summed E-state index contributed by atoms with van der Waals surface area (Å²) in [6.45, 7) is 3.67. The van der Waals surface area contributed by atoms with Crippen LogP contribution in [0.5, 0.6) is 0 Å². The molecule has 25 heavy (non-hydrogen) atoms.